The molecule has 1 aliphatic rings. The van der Waals surface area contributed by atoms with Gasteiger partial charge in [-0.15, -0.1) is 5.10 Å². The Morgan fingerprint density at radius 2 is 2.09 bits per heavy atom. The maximum atomic E-state index is 12.3. The predicted molar refractivity (Wildman–Crippen MR) is 82.3 cm³/mol. The quantitative estimate of drug-likeness (QED) is 0.819. The lowest BCUT2D eigenvalue weighted by molar-refractivity contribution is -0.130. The SMILES string of the molecule is NC(=O)C1CCN(C(=O)CCn2nnc3ccccc3c2=O)C1. The first-order chi connectivity index (χ1) is 11.1. The zero-order chi connectivity index (χ0) is 16.4. The minimum atomic E-state index is -0.378. The van der Waals surface area contributed by atoms with Gasteiger partial charge in [0.05, 0.1) is 17.8 Å². The Balaban J connectivity index is 1.67. The van der Waals surface area contributed by atoms with Gasteiger partial charge in [0.2, 0.25) is 11.8 Å². The zero-order valence-corrected chi connectivity index (χ0v) is 12.5. The maximum Gasteiger partial charge on any atom is 0.277 e. The van der Waals surface area contributed by atoms with Crippen LogP contribution in [-0.4, -0.2) is 44.8 Å². The summed E-state index contributed by atoms with van der Waals surface area (Å²) >= 11 is 0. The molecule has 1 aromatic heterocycles. The van der Waals surface area contributed by atoms with Crippen LogP contribution in [0.25, 0.3) is 10.9 Å². The Bertz CT molecular complexity index is 816. The topological polar surface area (TPSA) is 111 Å². The minimum absolute atomic E-state index is 0.115. The van der Waals surface area contributed by atoms with Crippen LogP contribution in [0.4, 0.5) is 0 Å². The van der Waals surface area contributed by atoms with Crippen LogP contribution in [0.5, 0.6) is 0 Å². The number of nitrogens with two attached hydrogens (primary N) is 1. The van der Waals surface area contributed by atoms with Crippen molar-refractivity contribution in [3.05, 3.63) is 34.6 Å². The van der Waals surface area contributed by atoms with Gasteiger partial charge in [-0.25, -0.2) is 4.68 Å². The summed E-state index contributed by atoms with van der Waals surface area (Å²) in [5, 5.41) is 8.31. The van der Waals surface area contributed by atoms with Crippen molar-refractivity contribution in [2.45, 2.75) is 19.4 Å². The molecule has 0 aliphatic carbocycles. The first kappa shape index (κ1) is 15.1. The van der Waals surface area contributed by atoms with Crippen LogP contribution in [0.1, 0.15) is 12.8 Å². The number of benzene rings is 1. The molecule has 23 heavy (non-hydrogen) atoms. The van der Waals surface area contributed by atoms with Crippen molar-refractivity contribution in [3.8, 4) is 0 Å². The number of aryl methyl sites for hydroxylation is 1. The predicted octanol–water partition coefficient (Wildman–Crippen LogP) is -0.485. The Hall–Kier alpha value is -2.77. The highest BCUT2D eigenvalue weighted by Gasteiger charge is 2.29. The molecule has 2 amide bonds. The third-order valence-corrected chi connectivity index (χ3v) is 4.11. The number of primary amides is 1. The molecule has 8 heteroatoms. The van der Waals surface area contributed by atoms with Gasteiger partial charge in [-0.1, -0.05) is 17.3 Å². The lowest BCUT2D eigenvalue weighted by Gasteiger charge is -2.15. The molecule has 2 heterocycles. The number of amides is 2. The van der Waals surface area contributed by atoms with E-state index in [-0.39, 0.29) is 36.3 Å². The number of hydrogen-bond acceptors (Lipinski definition) is 5. The number of rotatable bonds is 4. The molecule has 1 fully saturated rings. The first-order valence-electron chi connectivity index (χ1n) is 7.46. The van der Waals surface area contributed by atoms with Crippen LogP contribution in [0.2, 0.25) is 0 Å². The molecule has 2 aromatic rings. The van der Waals surface area contributed by atoms with E-state index in [1.54, 1.807) is 29.2 Å². The second kappa shape index (κ2) is 6.15. The summed E-state index contributed by atoms with van der Waals surface area (Å²) in [6.45, 7) is 1.03. The molecule has 0 radical (unpaired) electrons. The summed E-state index contributed by atoms with van der Waals surface area (Å²) in [4.78, 5) is 37.2. The molecule has 8 nitrogen and oxygen atoms in total. The highest BCUT2D eigenvalue weighted by molar-refractivity contribution is 5.81. The van der Waals surface area contributed by atoms with E-state index in [0.29, 0.717) is 30.4 Å². The van der Waals surface area contributed by atoms with Crippen LogP contribution >= 0.6 is 0 Å². The Kier molecular flexibility index (Phi) is 4.05. The summed E-state index contributed by atoms with van der Waals surface area (Å²) < 4.78 is 1.20. The summed E-state index contributed by atoms with van der Waals surface area (Å²) in [5.74, 6) is -0.769. The van der Waals surface area contributed by atoms with Crippen LogP contribution in [0, 0.1) is 5.92 Å². The second-order valence-electron chi connectivity index (χ2n) is 5.61. The van der Waals surface area contributed by atoms with Crippen LogP contribution in [0.3, 0.4) is 0 Å². The Morgan fingerprint density at radius 3 is 2.83 bits per heavy atom. The molecule has 1 atom stereocenters. The first-order valence-corrected chi connectivity index (χ1v) is 7.46. The lowest BCUT2D eigenvalue weighted by atomic mass is 10.1. The number of fused-ring (bicyclic) bond motifs is 1. The number of likely N-dealkylation sites (tertiary alicyclic amines) is 1. The lowest BCUT2D eigenvalue weighted by Crippen LogP contribution is -2.33. The summed E-state index contributed by atoms with van der Waals surface area (Å²) in [6.07, 6.45) is 0.731. The summed E-state index contributed by atoms with van der Waals surface area (Å²) in [6, 6.07) is 6.94. The standard InChI is InChI=1S/C15H17N5O3/c16-14(22)10-5-7-19(9-10)13(21)6-8-20-15(23)11-3-1-2-4-12(11)17-18-20/h1-4,10H,5-9H2,(H2,16,22). The van der Waals surface area contributed by atoms with Crippen LogP contribution in [-0.2, 0) is 16.1 Å². The van der Waals surface area contributed by atoms with E-state index in [2.05, 4.69) is 10.3 Å². The van der Waals surface area contributed by atoms with Crippen molar-refractivity contribution < 1.29 is 9.59 Å². The monoisotopic (exact) mass is 315 g/mol. The van der Waals surface area contributed by atoms with Gasteiger partial charge in [0.1, 0.15) is 5.52 Å². The average Bonchev–Trinajstić information content (AvgIpc) is 3.04. The molecule has 1 aromatic carbocycles. The van der Waals surface area contributed by atoms with E-state index < -0.39 is 0 Å². The number of aromatic nitrogens is 3. The number of carbonyl (C=O) groups is 2. The van der Waals surface area contributed by atoms with Crippen LogP contribution < -0.4 is 11.3 Å². The fourth-order valence-electron chi connectivity index (χ4n) is 2.75. The van der Waals surface area contributed by atoms with Crippen LogP contribution in [0.15, 0.2) is 29.1 Å². The van der Waals surface area contributed by atoms with Crippen molar-refractivity contribution in [2.24, 2.45) is 11.7 Å². The molecule has 1 unspecified atom stereocenters. The molecule has 2 N–H and O–H groups in total. The third kappa shape index (κ3) is 3.05. The highest BCUT2D eigenvalue weighted by Crippen LogP contribution is 2.16. The molecular formula is C15H17N5O3. The van der Waals surface area contributed by atoms with E-state index in [1.165, 1.54) is 4.68 Å². The molecule has 120 valence electrons. The molecule has 0 spiro atoms. The fraction of sp³-hybridized carbons (Fsp3) is 0.400. The third-order valence-electron chi connectivity index (χ3n) is 4.11. The largest absolute Gasteiger partial charge is 0.369 e. The van der Waals surface area contributed by atoms with E-state index in [1.807, 2.05) is 0 Å². The fourth-order valence-corrected chi connectivity index (χ4v) is 2.75. The number of hydrogen-bond donors (Lipinski definition) is 1. The Labute approximate surface area is 131 Å². The van der Waals surface area contributed by atoms with Gasteiger partial charge in [0, 0.05) is 19.5 Å². The van der Waals surface area contributed by atoms with Crippen molar-refractivity contribution in [2.75, 3.05) is 13.1 Å². The summed E-state index contributed by atoms with van der Waals surface area (Å²) in [7, 11) is 0. The van der Waals surface area contributed by atoms with Gasteiger partial charge in [0.25, 0.3) is 5.56 Å². The Morgan fingerprint density at radius 1 is 1.30 bits per heavy atom. The molecule has 1 saturated heterocycles. The molecular weight excluding hydrogens is 298 g/mol. The highest BCUT2D eigenvalue weighted by atomic mass is 16.2. The van der Waals surface area contributed by atoms with E-state index in [4.69, 9.17) is 5.73 Å². The van der Waals surface area contributed by atoms with Crippen molar-refractivity contribution in [3.63, 3.8) is 0 Å². The van der Waals surface area contributed by atoms with Crippen molar-refractivity contribution in [1.82, 2.24) is 19.9 Å². The number of nitrogens with zero attached hydrogens (tertiary/aromatic N) is 4. The smallest absolute Gasteiger partial charge is 0.277 e. The molecule has 0 saturated carbocycles. The second-order valence-corrected chi connectivity index (χ2v) is 5.61. The molecule has 3 rings (SSSR count). The van der Waals surface area contributed by atoms with E-state index >= 15 is 0 Å². The minimum Gasteiger partial charge on any atom is -0.369 e. The molecule has 0 bridgehead atoms. The maximum absolute atomic E-state index is 12.3. The normalized spacial score (nSPS) is 17.6. The zero-order valence-electron chi connectivity index (χ0n) is 12.5. The summed E-state index contributed by atoms with van der Waals surface area (Å²) in [5.41, 5.74) is 5.52. The van der Waals surface area contributed by atoms with Crippen molar-refractivity contribution in [1.29, 1.82) is 0 Å². The van der Waals surface area contributed by atoms with Gasteiger partial charge in [-0.2, -0.15) is 0 Å². The van der Waals surface area contributed by atoms with Gasteiger partial charge in [0.15, 0.2) is 0 Å². The van der Waals surface area contributed by atoms with E-state index in [9.17, 15) is 14.4 Å². The average molecular weight is 315 g/mol. The van der Waals surface area contributed by atoms with E-state index in [0.717, 1.165) is 0 Å². The van der Waals surface area contributed by atoms with Gasteiger partial charge >= 0.3 is 0 Å². The van der Waals surface area contributed by atoms with Gasteiger partial charge < -0.3 is 10.6 Å². The number of carbonyl (C=O) groups excluding carboxylic acids is 2. The van der Waals surface area contributed by atoms with Gasteiger partial charge in [-0.3, -0.25) is 14.4 Å². The van der Waals surface area contributed by atoms with Gasteiger partial charge in [-0.05, 0) is 18.6 Å². The van der Waals surface area contributed by atoms with Crippen molar-refractivity contribution >= 4 is 22.7 Å². The molecule has 1 aliphatic heterocycles.